The van der Waals surface area contributed by atoms with Gasteiger partial charge in [-0.05, 0) is 54.3 Å². The summed E-state index contributed by atoms with van der Waals surface area (Å²) in [5.41, 5.74) is 16.5. The summed E-state index contributed by atoms with van der Waals surface area (Å²) in [6, 6.07) is 22.1. The normalized spacial score (nSPS) is 11.6. The minimum atomic E-state index is -0.478. The summed E-state index contributed by atoms with van der Waals surface area (Å²) in [5.74, 6) is -0.0575. The van der Waals surface area contributed by atoms with Crippen LogP contribution in [0.5, 0.6) is 0 Å². The maximum Gasteiger partial charge on any atom is 0.253 e. The van der Waals surface area contributed by atoms with E-state index in [4.69, 9.17) is 11.5 Å². The van der Waals surface area contributed by atoms with Gasteiger partial charge < -0.3 is 27.1 Å². The molecule has 1 unspecified atom stereocenters. The Morgan fingerprint density at radius 3 is 2.42 bits per heavy atom. The van der Waals surface area contributed by atoms with Crippen LogP contribution in [0.15, 0.2) is 79.0 Å². The minimum absolute atomic E-state index is 0.209. The van der Waals surface area contributed by atoms with Crippen molar-refractivity contribution >= 4 is 17.5 Å². The lowest BCUT2D eigenvalue weighted by molar-refractivity contribution is 0.0934. The second kappa shape index (κ2) is 11.3. The first kappa shape index (κ1) is 24.7. The highest BCUT2D eigenvalue weighted by Gasteiger charge is 2.21. The number of nitrogens with two attached hydrogens (primary N) is 2. The molecule has 4 rings (SSSR count). The van der Waals surface area contributed by atoms with Crippen LogP contribution in [0.2, 0.25) is 0 Å². The molecule has 1 heterocycles. The van der Waals surface area contributed by atoms with Crippen molar-refractivity contribution in [2.24, 2.45) is 11.5 Å². The maximum absolute atomic E-state index is 13.4. The Hall–Kier alpha value is -4.43. The molecule has 2 amide bonds. The Morgan fingerprint density at radius 1 is 1.00 bits per heavy atom. The number of amides is 2. The van der Waals surface area contributed by atoms with E-state index < -0.39 is 11.9 Å². The SMILES string of the molecule is CCNc1cc(CN)ccc1C(=O)NC(Cc1ccccc1)c1ncc(-c2ccc(C(N)=O)cc2)[nH]1. The summed E-state index contributed by atoms with van der Waals surface area (Å²) < 4.78 is 0. The lowest BCUT2D eigenvalue weighted by Crippen LogP contribution is -2.31. The number of aromatic nitrogens is 2. The fourth-order valence-electron chi connectivity index (χ4n) is 4.03. The van der Waals surface area contributed by atoms with Gasteiger partial charge >= 0.3 is 0 Å². The highest BCUT2D eigenvalue weighted by Crippen LogP contribution is 2.24. The largest absolute Gasteiger partial charge is 0.385 e. The fraction of sp³-hybridized carbons (Fsp3) is 0.179. The number of aromatic amines is 1. The molecular formula is C28H30N6O2. The molecule has 1 atom stereocenters. The van der Waals surface area contributed by atoms with Crippen LogP contribution in [0.4, 0.5) is 5.69 Å². The highest BCUT2D eigenvalue weighted by atomic mass is 16.2. The number of benzene rings is 3. The molecule has 0 aliphatic heterocycles. The molecule has 0 aliphatic carbocycles. The van der Waals surface area contributed by atoms with Gasteiger partial charge in [0.1, 0.15) is 5.82 Å². The minimum Gasteiger partial charge on any atom is -0.385 e. The summed E-state index contributed by atoms with van der Waals surface area (Å²) in [6.07, 6.45) is 2.27. The standard InChI is InChI=1S/C28H30N6O2/c1-2-31-23-15-19(16-29)8-13-22(23)28(36)34-24(14-18-6-4-3-5-7-18)27-32-17-25(33-27)20-9-11-21(12-10-20)26(30)35/h3-13,15,17,24,31H,2,14,16,29H2,1H3,(H2,30,35)(H,32,33)(H,34,36). The number of carbonyl (C=O) groups excluding carboxylic acids is 2. The molecule has 0 aliphatic rings. The van der Waals surface area contributed by atoms with Gasteiger partial charge in [-0.15, -0.1) is 0 Å². The second-order valence-electron chi connectivity index (χ2n) is 8.45. The Morgan fingerprint density at radius 2 is 1.75 bits per heavy atom. The maximum atomic E-state index is 13.4. The van der Waals surface area contributed by atoms with E-state index in [1.807, 2.05) is 61.5 Å². The number of carbonyl (C=O) groups is 2. The molecule has 0 spiro atoms. The number of anilines is 1. The van der Waals surface area contributed by atoms with Gasteiger partial charge in [-0.25, -0.2) is 4.98 Å². The zero-order valence-corrected chi connectivity index (χ0v) is 20.1. The third-order valence-corrected chi connectivity index (χ3v) is 5.93. The molecule has 1 aromatic heterocycles. The third kappa shape index (κ3) is 5.79. The molecule has 7 N–H and O–H groups in total. The van der Waals surface area contributed by atoms with E-state index in [1.54, 1.807) is 24.4 Å². The molecule has 184 valence electrons. The average Bonchev–Trinajstić information content (AvgIpc) is 3.39. The molecule has 0 saturated carbocycles. The number of hydrogen-bond donors (Lipinski definition) is 5. The summed E-state index contributed by atoms with van der Waals surface area (Å²) in [5, 5.41) is 6.42. The monoisotopic (exact) mass is 482 g/mol. The van der Waals surface area contributed by atoms with Crippen LogP contribution in [-0.4, -0.2) is 28.3 Å². The Labute approximate surface area is 210 Å². The van der Waals surface area contributed by atoms with E-state index in [0.29, 0.717) is 36.5 Å². The van der Waals surface area contributed by atoms with Gasteiger partial charge in [-0.1, -0.05) is 48.5 Å². The molecule has 0 bridgehead atoms. The topological polar surface area (TPSA) is 139 Å². The molecule has 4 aromatic rings. The molecule has 0 saturated heterocycles. The first-order valence-corrected chi connectivity index (χ1v) is 11.8. The predicted octanol–water partition coefficient (Wildman–Crippen LogP) is 3.78. The average molecular weight is 483 g/mol. The van der Waals surface area contributed by atoms with Crippen molar-refractivity contribution in [2.75, 3.05) is 11.9 Å². The van der Waals surface area contributed by atoms with Crippen molar-refractivity contribution in [3.8, 4) is 11.3 Å². The van der Waals surface area contributed by atoms with Gasteiger partial charge in [0.25, 0.3) is 5.91 Å². The first-order chi connectivity index (χ1) is 17.5. The number of nitrogens with one attached hydrogen (secondary N) is 3. The lowest BCUT2D eigenvalue weighted by Gasteiger charge is -2.19. The zero-order chi connectivity index (χ0) is 25.5. The smallest absolute Gasteiger partial charge is 0.253 e. The van der Waals surface area contributed by atoms with E-state index in [-0.39, 0.29) is 5.91 Å². The summed E-state index contributed by atoms with van der Waals surface area (Å²) >= 11 is 0. The second-order valence-corrected chi connectivity index (χ2v) is 8.45. The van der Waals surface area contributed by atoms with Gasteiger partial charge in [0.05, 0.1) is 23.5 Å². The van der Waals surface area contributed by atoms with Crippen LogP contribution in [0.3, 0.4) is 0 Å². The van der Waals surface area contributed by atoms with E-state index in [9.17, 15) is 9.59 Å². The van der Waals surface area contributed by atoms with Crippen LogP contribution >= 0.6 is 0 Å². The van der Waals surface area contributed by atoms with Crippen LogP contribution < -0.4 is 22.1 Å². The molecule has 3 aromatic carbocycles. The molecule has 0 fully saturated rings. The van der Waals surface area contributed by atoms with Crippen molar-refractivity contribution < 1.29 is 9.59 Å². The zero-order valence-electron chi connectivity index (χ0n) is 20.1. The number of nitrogens with zero attached hydrogens (tertiary/aromatic N) is 1. The van der Waals surface area contributed by atoms with Gasteiger partial charge in [-0.3, -0.25) is 9.59 Å². The molecule has 8 heteroatoms. The van der Waals surface area contributed by atoms with Crippen molar-refractivity contribution in [1.82, 2.24) is 15.3 Å². The van der Waals surface area contributed by atoms with E-state index >= 15 is 0 Å². The predicted molar refractivity (Wildman–Crippen MR) is 141 cm³/mol. The quantitative estimate of drug-likeness (QED) is 0.234. The molecule has 8 nitrogen and oxygen atoms in total. The van der Waals surface area contributed by atoms with Gasteiger partial charge in [-0.2, -0.15) is 0 Å². The van der Waals surface area contributed by atoms with Crippen LogP contribution in [0, 0.1) is 0 Å². The Kier molecular flexibility index (Phi) is 7.77. The number of hydrogen-bond acceptors (Lipinski definition) is 5. The van der Waals surface area contributed by atoms with Crippen molar-refractivity contribution in [3.63, 3.8) is 0 Å². The van der Waals surface area contributed by atoms with Crippen LogP contribution in [-0.2, 0) is 13.0 Å². The number of H-pyrrole nitrogens is 1. The van der Waals surface area contributed by atoms with Crippen molar-refractivity contribution in [1.29, 1.82) is 0 Å². The Balaban J connectivity index is 1.63. The summed E-state index contributed by atoms with van der Waals surface area (Å²) in [4.78, 5) is 32.7. The van der Waals surface area contributed by atoms with E-state index in [2.05, 4.69) is 20.6 Å². The highest BCUT2D eigenvalue weighted by molar-refractivity contribution is 6.00. The van der Waals surface area contributed by atoms with Crippen molar-refractivity contribution in [3.05, 3.63) is 107 Å². The van der Waals surface area contributed by atoms with E-state index in [1.165, 1.54) is 0 Å². The van der Waals surface area contributed by atoms with Gasteiger partial charge in [0.2, 0.25) is 5.91 Å². The summed E-state index contributed by atoms with van der Waals surface area (Å²) in [7, 11) is 0. The van der Waals surface area contributed by atoms with Gasteiger partial charge in [0, 0.05) is 24.3 Å². The number of rotatable bonds is 10. The van der Waals surface area contributed by atoms with E-state index in [0.717, 1.165) is 28.1 Å². The third-order valence-electron chi connectivity index (χ3n) is 5.93. The summed E-state index contributed by atoms with van der Waals surface area (Å²) in [6.45, 7) is 3.06. The Bertz CT molecular complexity index is 1330. The van der Waals surface area contributed by atoms with Crippen molar-refractivity contribution in [2.45, 2.75) is 25.9 Å². The molecule has 36 heavy (non-hydrogen) atoms. The van der Waals surface area contributed by atoms with Crippen LogP contribution in [0.25, 0.3) is 11.3 Å². The van der Waals surface area contributed by atoms with Crippen LogP contribution in [0.1, 0.15) is 50.6 Å². The molecule has 0 radical (unpaired) electrons. The number of primary amides is 1. The number of imidazole rings is 1. The molecular weight excluding hydrogens is 452 g/mol. The van der Waals surface area contributed by atoms with Gasteiger partial charge in [0.15, 0.2) is 0 Å². The first-order valence-electron chi connectivity index (χ1n) is 11.8. The lowest BCUT2D eigenvalue weighted by atomic mass is 10.0. The fourth-order valence-corrected chi connectivity index (χ4v) is 4.03.